The number of rotatable bonds is 20. The van der Waals surface area contributed by atoms with Gasteiger partial charge in [-0.2, -0.15) is 8.42 Å². The van der Waals surface area contributed by atoms with Crippen LogP contribution in [0, 0.1) is 0 Å². The van der Waals surface area contributed by atoms with E-state index in [0.717, 1.165) is 19.3 Å². The molecular formula is C68H102N6O24S. The maximum Gasteiger partial charge on any atom is 0.408 e. The number of carbonyl (C=O) groups excluding carboxylic acids is 8. The van der Waals surface area contributed by atoms with Crippen LogP contribution in [0.2, 0.25) is 0 Å². The van der Waals surface area contributed by atoms with Crippen molar-refractivity contribution in [3.63, 3.8) is 0 Å². The Bertz CT molecular complexity index is 3200. The standard InChI is InChI=1S/C68H102N6O24S/c1-63(2,3)93-58(78)69-35-32-45(87-54(76)39-26-20-17-21-27-39)53(75)71-43-36-44(73-61(81)96-66(10,11)12)49(90-56-42(72-60(80)95-65(7,8)9)31-30-41(86-56)37-70-59(79)94-64(4,5)6)52(98-99(16,83)84)48(43)91-57-51(89-55(77)40-28-22-18-23-29-40)47(74-62(82)97-67(13,14)15)50-46(88-57)38-85-68(92-50)33-24-19-25-34-68/h17-18,20-23,26-29,41-52,56-57H,19,24-25,30-38H2,1-16H3,(H,69,78)(H,70,79)(H,71,75)(H,72,80)(H,73,81)(H,74,82)/t41?,42?,43-,44-,45+,46?,47+,48+,49?,50-,51?,52?,56-,57-/m1/s1. The number of esters is 2. The Kier molecular flexibility index (Phi) is 26.5. The number of benzene rings is 2. The van der Waals surface area contributed by atoms with E-state index in [2.05, 4.69) is 31.9 Å². The summed E-state index contributed by atoms with van der Waals surface area (Å²) in [7, 11) is -4.81. The molecule has 7 rings (SSSR count). The van der Waals surface area contributed by atoms with Crippen LogP contribution in [0.5, 0.6) is 0 Å². The lowest BCUT2D eigenvalue weighted by atomic mass is 9.82. The molecule has 6 N–H and O–H groups in total. The Morgan fingerprint density at radius 2 is 1.03 bits per heavy atom. The smallest absolute Gasteiger partial charge is 0.408 e. The van der Waals surface area contributed by atoms with Crippen molar-refractivity contribution in [2.24, 2.45) is 0 Å². The molecule has 0 radical (unpaired) electrons. The third-order valence-corrected chi connectivity index (χ3v) is 16.1. The minimum absolute atomic E-state index is 0.0354. The number of ether oxygens (including phenoxy) is 13. The molecule has 0 bridgehead atoms. The molecule has 6 amide bonds. The van der Waals surface area contributed by atoms with E-state index in [1.54, 1.807) is 140 Å². The second-order valence-corrected chi connectivity index (χ2v) is 31.8. The fraction of sp³-hybridized carbons (Fsp3) is 0.706. The van der Waals surface area contributed by atoms with Gasteiger partial charge in [-0.25, -0.2) is 33.6 Å². The lowest BCUT2D eigenvalue weighted by molar-refractivity contribution is -0.388. The first-order chi connectivity index (χ1) is 46.0. The van der Waals surface area contributed by atoms with Crippen LogP contribution in [0.3, 0.4) is 0 Å². The van der Waals surface area contributed by atoms with E-state index >= 15 is 4.79 Å². The number of carbonyl (C=O) groups is 8. The van der Waals surface area contributed by atoms with E-state index in [4.69, 9.17) is 65.8 Å². The molecule has 2 aliphatic carbocycles. The van der Waals surface area contributed by atoms with E-state index in [1.165, 1.54) is 24.3 Å². The number of hydrogen-bond acceptors (Lipinski definition) is 24. The molecule has 2 aromatic rings. The van der Waals surface area contributed by atoms with Gasteiger partial charge in [0.1, 0.15) is 64.6 Å². The minimum Gasteiger partial charge on any atom is -0.451 e. The molecule has 5 aliphatic rings. The van der Waals surface area contributed by atoms with Gasteiger partial charge in [-0.15, -0.1) is 0 Å². The van der Waals surface area contributed by atoms with Gasteiger partial charge in [-0.1, -0.05) is 42.8 Å². The van der Waals surface area contributed by atoms with Crippen molar-refractivity contribution in [2.45, 2.75) is 281 Å². The van der Waals surface area contributed by atoms with Crippen molar-refractivity contribution in [1.82, 2.24) is 31.9 Å². The highest BCUT2D eigenvalue weighted by atomic mass is 32.2. The summed E-state index contributed by atoms with van der Waals surface area (Å²) in [5, 5.41) is 16.6. The van der Waals surface area contributed by atoms with Crippen molar-refractivity contribution in [3.05, 3.63) is 71.8 Å². The molecule has 1 spiro atoms. The Labute approximate surface area is 579 Å². The molecule has 3 aliphatic heterocycles. The summed E-state index contributed by atoms with van der Waals surface area (Å²) in [4.78, 5) is 113. The van der Waals surface area contributed by atoms with Crippen LogP contribution >= 0.6 is 0 Å². The fourth-order valence-electron chi connectivity index (χ4n) is 11.7. The van der Waals surface area contributed by atoms with E-state index in [9.17, 15) is 42.0 Å². The molecule has 3 saturated heterocycles. The van der Waals surface area contributed by atoms with Crippen molar-refractivity contribution in [3.8, 4) is 0 Å². The lowest BCUT2D eigenvalue weighted by Crippen LogP contribution is -2.73. The second-order valence-electron chi connectivity index (χ2n) is 30.2. The zero-order valence-corrected chi connectivity index (χ0v) is 60.4. The number of alkyl carbamates (subject to hydrolysis) is 5. The van der Waals surface area contributed by atoms with Crippen LogP contribution in [0.4, 0.5) is 24.0 Å². The largest absolute Gasteiger partial charge is 0.451 e. The maximum absolute atomic E-state index is 15.5. The third-order valence-electron chi connectivity index (χ3n) is 15.6. The molecule has 2 aromatic carbocycles. The molecule has 6 unspecified atom stereocenters. The first-order valence-electron chi connectivity index (χ1n) is 33.6. The normalized spacial score (nSPS) is 26.8. The SMILES string of the molecule is CC(C)(C)OC(=O)NCC[C@H](OC(=O)c1ccccc1)C(=O)N[C@@H]1C[C@@H](NC(=O)OC(C)(C)C)C(O[C@H]2OC(CNC(=O)OC(C)(C)C)CCC2NC(=O)OC(C)(C)C)C(OS(C)(=O)=O)[C@H]1O[C@H]1OC2COC3(CCCCC3)O[C@H]2[C@H](NC(=O)OC(C)(C)C)C1OC(=O)c1ccccc1. The van der Waals surface area contributed by atoms with E-state index < -0.39 is 191 Å². The van der Waals surface area contributed by atoms with Crippen molar-refractivity contribution in [2.75, 3.05) is 26.0 Å². The summed E-state index contributed by atoms with van der Waals surface area (Å²) in [5.41, 5.74) is -5.02. The maximum atomic E-state index is 15.5. The minimum atomic E-state index is -4.81. The Balaban J connectivity index is 1.43. The van der Waals surface area contributed by atoms with Gasteiger partial charge >= 0.3 is 42.4 Å². The predicted octanol–water partition coefficient (Wildman–Crippen LogP) is 7.87. The molecule has 2 saturated carbocycles. The fourth-order valence-corrected chi connectivity index (χ4v) is 12.3. The second kappa shape index (κ2) is 33.1. The molecule has 99 heavy (non-hydrogen) atoms. The van der Waals surface area contributed by atoms with Gasteiger partial charge in [0.25, 0.3) is 16.0 Å². The van der Waals surface area contributed by atoms with E-state index in [0.29, 0.717) is 19.1 Å². The Morgan fingerprint density at radius 1 is 0.545 bits per heavy atom. The van der Waals surface area contributed by atoms with Crippen LogP contribution in [0.25, 0.3) is 0 Å². The van der Waals surface area contributed by atoms with Crippen LogP contribution in [0.15, 0.2) is 60.7 Å². The summed E-state index contributed by atoms with van der Waals surface area (Å²) in [6, 6.07) is 9.69. The molecule has 554 valence electrons. The molecule has 0 aromatic heterocycles. The summed E-state index contributed by atoms with van der Waals surface area (Å²) >= 11 is 0. The summed E-state index contributed by atoms with van der Waals surface area (Å²) in [6.07, 6.45) is -17.8. The molecule has 5 fully saturated rings. The van der Waals surface area contributed by atoms with E-state index in [-0.39, 0.29) is 43.7 Å². The van der Waals surface area contributed by atoms with Gasteiger partial charge < -0.3 is 93.5 Å². The zero-order valence-electron chi connectivity index (χ0n) is 59.5. The number of nitrogens with one attached hydrogen (secondary N) is 6. The van der Waals surface area contributed by atoms with E-state index in [1.807, 2.05) is 0 Å². The highest BCUT2D eigenvalue weighted by Gasteiger charge is 2.60. The molecule has 3 heterocycles. The van der Waals surface area contributed by atoms with Crippen molar-refractivity contribution >= 4 is 58.4 Å². The predicted molar refractivity (Wildman–Crippen MR) is 353 cm³/mol. The van der Waals surface area contributed by atoms with Gasteiger partial charge in [0.15, 0.2) is 30.6 Å². The summed E-state index contributed by atoms with van der Waals surface area (Å²) in [5.74, 6) is -4.16. The van der Waals surface area contributed by atoms with Gasteiger partial charge in [-0.3, -0.25) is 8.98 Å². The highest BCUT2D eigenvalue weighted by molar-refractivity contribution is 7.86. The quantitative estimate of drug-likeness (QED) is 0.0417. The van der Waals surface area contributed by atoms with Gasteiger partial charge in [0.05, 0.1) is 48.2 Å². The third kappa shape index (κ3) is 25.5. The summed E-state index contributed by atoms with van der Waals surface area (Å²) in [6.45, 7) is 23.9. The van der Waals surface area contributed by atoms with Crippen LogP contribution in [-0.4, -0.2) is 202 Å². The summed E-state index contributed by atoms with van der Waals surface area (Å²) < 4.78 is 116. The number of fused-ring (bicyclic) bond motifs is 1. The number of hydrogen-bond donors (Lipinski definition) is 6. The van der Waals surface area contributed by atoms with Crippen molar-refractivity contribution < 1.29 is 113 Å². The highest BCUT2D eigenvalue weighted by Crippen LogP contribution is 2.43. The average molecular weight is 1420 g/mol. The van der Waals surface area contributed by atoms with Gasteiger partial charge in [0.2, 0.25) is 0 Å². The molecule has 30 nitrogen and oxygen atoms in total. The number of amides is 6. The van der Waals surface area contributed by atoms with Crippen LogP contribution in [0.1, 0.15) is 182 Å². The average Bonchev–Trinajstić information content (AvgIpc) is 0.742. The zero-order chi connectivity index (χ0) is 73.1. The molecular weight excluding hydrogens is 1320 g/mol. The topological polar surface area (TPSA) is 372 Å². The first-order valence-corrected chi connectivity index (χ1v) is 35.4. The van der Waals surface area contributed by atoms with Crippen LogP contribution < -0.4 is 31.9 Å². The van der Waals surface area contributed by atoms with Crippen LogP contribution in [-0.2, 0) is 80.7 Å². The Hall–Kier alpha value is -7.13. The molecule has 14 atom stereocenters. The molecule has 31 heteroatoms. The van der Waals surface area contributed by atoms with Gasteiger partial charge in [0, 0.05) is 32.4 Å². The monoisotopic (exact) mass is 1420 g/mol. The van der Waals surface area contributed by atoms with Gasteiger partial charge in [-0.05, 0) is 160 Å². The first kappa shape index (κ1) is 79.2. The van der Waals surface area contributed by atoms with Crippen molar-refractivity contribution in [1.29, 1.82) is 0 Å². The Morgan fingerprint density at radius 3 is 1.57 bits per heavy atom. The lowest BCUT2D eigenvalue weighted by Gasteiger charge is -2.54.